The molecule has 6 heteroatoms. The van der Waals surface area contributed by atoms with E-state index >= 15 is 0 Å². The molecular formula is C20H13F3NOS+. The highest BCUT2D eigenvalue weighted by atomic mass is 32.1. The largest absolute Gasteiger partial charge is 0.455 e. The van der Waals surface area contributed by atoms with Gasteiger partial charge in [0.25, 0.3) is 0 Å². The second-order valence-corrected chi connectivity index (χ2v) is 7.47. The highest BCUT2D eigenvalue weighted by molar-refractivity contribution is 7.17. The molecule has 26 heavy (non-hydrogen) atoms. The first-order chi connectivity index (χ1) is 12.3. The lowest BCUT2D eigenvalue weighted by Crippen LogP contribution is -2.31. The molecule has 0 saturated heterocycles. The molecule has 0 bridgehead atoms. The summed E-state index contributed by atoms with van der Waals surface area (Å²) in [4.78, 5) is 0. The molecule has 130 valence electrons. The summed E-state index contributed by atoms with van der Waals surface area (Å²) in [5, 5.41) is 4.40. The van der Waals surface area contributed by atoms with Crippen molar-refractivity contribution in [2.75, 3.05) is 0 Å². The number of aromatic nitrogens is 1. The molecule has 0 aliphatic carbocycles. The predicted octanol–water partition coefficient (Wildman–Crippen LogP) is 5.98. The zero-order chi connectivity index (χ0) is 18.2. The van der Waals surface area contributed by atoms with Gasteiger partial charge in [-0.1, -0.05) is 0 Å². The van der Waals surface area contributed by atoms with Crippen LogP contribution in [0.2, 0.25) is 0 Å². The van der Waals surface area contributed by atoms with E-state index in [4.69, 9.17) is 4.74 Å². The van der Waals surface area contributed by atoms with Gasteiger partial charge in [-0.05, 0) is 52.9 Å². The Morgan fingerprint density at radius 2 is 1.88 bits per heavy atom. The molecule has 2 aromatic carbocycles. The summed E-state index contributed by atoms with van der Waals surface area (Å²) >= 11 is 1.59. The summed E-state index contributed by atoms with van der Waals surface area (Å²) in [6.45, 7) is 2.03. The number of alkyl halides is 3. The number of pyridine rings is 1. The van der Waals surface area contributed by atoms with Crippen LogP contribution >= 0.6 is 11.3 Å². The molecule has 0 fully saturated rings. The number of halogens is 3. The van der Waals surface area contributed by atoms with Crippen LogP contribution in [-0.2, 0) is 13.2 Å². The Hall–Kier alpha value is -2.60. The molecule has 0 N–H and O–H groups in total. The minimum atomic E-state index is -4.42. The molecule has 1 aliphatic heterocycles. The minimum Gasteiger partial charge on any atom is -0.455 e. The Kier molecular flexibility index (Phi) is 2.99. The van der Waals surface area contributed by atoms with Gasteiger partial charge in [0.1, 0.15) is 18.5 Å². The van der Waals surface area contributed by atoms with E-state index < -0.39 is 11.7 Å². The Balaban J connectivity index is 1.94. The van der Waals surface area contributed by atoms with Crippen molar-refractivity contribution in [1.82, 2.24) is 0 Å². The lowest BCUT2D eigenvalue weighted by Gasteiger charge is -2.22. The highest BCUT2D eigenvalue weighted by Gasteiger charge is 2.35. The summed E-state index contributed by atoms with van der Waals surface area (Å²) in [5.41, 5.74) is 2.21. The van der Waals surface area contributed by atoms with E-state index in [2.05, 4.69) is 6.07 Å². The fourth-order valence-electron chi connectivity index (χ4n) is 3.76. The number of hydrogen-bond donors (Lipinski definition) is 0. The van der Waals surface area contributed by atoms with Crippen molar-refractivity contribution in [3.05, 3.63) is 53.0 Å². The fraction of sp³-hybridized carbons (Fsp3) is 0.150. The van der Waals surface area contributed by atoms with Gasteiger partial charge in [0.05, 0.1) is 16.5 Å². The summed E-state index contributed by atoms with van der Waals surface area (Å²) in [6, 6.07) is 7.98. The van der Waals surface area contributed by atoms with Crippen LogP contribution in [0.1, 0.15) is 11.1 Å². The zero-order valence-corrected chi connectivity index (χ0v) is 14.8. The number of hydrogen-bond acceptors (Lipinski definition) is 2. The molecule has 5 rings (SSSR count). The molecule has 3 heterocycles. The quantitative estimate of drug-likeness (QED) is 0.305. The smallest absolute Gasteiger partial charge is 0.416 e. The van der Waals surface area contributed by atoms with Gasteiger partial charge in [0.15, 0.2) is 6.20 Å². The van der Waals surface area contributed by atoms with Gasteiger partial charge < -0.3 is 4.74 Å². The second-order valence-electron chi connectivity index (χ2n) is 6.52. The van der Waals surface area contributed by atoms with Gasteiger partial charge in [-0.25, -0.2) is 4.57 Å². The van der Waals surface area contributed by atoms with Crippen molar-refractivity contribution in [3.63, 3.8) is 0 Å². The van der Waals surface area contributed by atoms with Crippen LogP contribution in [0.25, 0.3) is 32.1 Å². The van der Waals surface area contributed by atoms with E-state index in [1.54, 1.807) is 23.6 Å². The van der Waals surface area contributed by atoms with Gasteiger partial charge in [0.2, 0.25) is 5.69 Å². The van der Waals surface area contributed by atoms with E-state index in [0.717, 1.165) is 33.0 Å². The minimum absolute atomic E-state index is 0.254. The Labute approximate surface area is 151 Å². The molecule has 0 amide bonds. The van der Waals surface area contributed by atoms with Crippen LogP contribution in [0.4, 0.5) is 13.2 Å². The molecule has 0 spiro atoms. The number of rotatable bonds is 0. The third-order valence-electron chi connectivity index (χ3n) is 4.97. The van der Waals surface area contributed by atoms with Crippen LogP contribution in [0.15, 0.2) is 41.9 Å². The number of aryl methyl sites for hydroxylation is 2. The summed E-state index contributed by atoms with van der Waals surface area (Å²) in [5.74, 6) is 0.858. The van der Waals surface area contributed by atoms with Crippen molar-refractivity contribution in [1.29, 1.82) is 0 Å². The van der Waals surface area contributed by atoms with Crippen molar-refractivity contribution < 1.29 is 22.5 Å². The van der Waals surface area contributed by atoms with Gasteiger partial charge in [-0.2, -0.15) is 13.2 Å². The number of ether oxygens (including phenoxy) is 1. The summed E-state index contributed by atoms with van der Waals surface area (Å²) < 4.78 is 48.9. The Bertz CT molecular complexity index is 1220. The Morgan fingerprint density at radius 1 is 1.08 bits per heavy atom. The van der Waals surface area contributed by atoms with E-state index in [1.165, 1.54) is 6.07 Å². The summed E-state index contributed by atoms with van der Waals surface area (Å²) in [6.07, 6.45) is -2.62. The van der Waals surface area contributed by atoms with Crippen molar-refractivity contribution in [2.24, 2.45) is 7.05 Å². The van der Waals surface area contributed by atoms with E-state index in [1.807, 2.05) is 30.0 Å². The normalized spacial score (nSPS) is 13.1. The average molecular weight is 372 g/mol. The molecule has 0 saturated carbocycles. The first kappa shape index (κ1) is 15.6. The number of benzene rings is 2. The first-order valence-corrected chi connectivity index (χ1v) is 8.95. The number of fused-ring (bicyclic) bond motifs is 3. The highest BCUT2D eigenvalue weighted by Crippen LogP contribution is 2.50. The molecule has 1 aliphatic rings. The standard InChI is InChI=1S/C20H13F3NOS/c1-10-13-4-6-26-16(13)9-15-17(10)19-18-11(3-5-24(19)2)7-12(20(21,22)23)8-14(18)25-15/h3-9H,1-2H3/q+1. The molecule has 0 atom stereocenters. The topological polar surface area (TPSA) is 13.1 Å². The maximum absolute atomic E-state index is 13.3. The molecule has 4 aromatic rings. The molecule has 2 aromatic heterocycles. The fourth-order valence-corrected chi connectivity index (χ4v) is 4.63. The van der Waals surface area contributed by atoms with Crippen LogP contribution in [0.5, 0.6) is 11.5 Å². The molecule has 2 nitrogen and oxygen atoms in total. The van der Waals surface area contributed by atoms with Gasteiger partial charge in [-0.3, -0.25) is 0 Å². The lowest BCUT2D eigenvalue weighted by atomic mass is 9.93. The van der Waals surface area contributed by atoms with Crippen molar-refractivity contribution >= 4 is 32.2 Å². The third kappa shape index (κ3) is 2.02. The van der Waals surface area contributed by atoms with Gasteiger partial charge in [0, 0.05) is 10.8 Å². The van der Waals surface area contributed by atoms with E-state index in [0.29, 0.717) is 16.5 Å². The van der Waals surface area contributed by atoms with Crippen LogP contribution < -0.4 is 9.30 Å². The third-order valence-corrected chi connectivity index (χ3v) is 5.83. The van der Waals surface area contributed by atoms with Crippen LogP contribution in [0, 0.1) is 6.92 Å². The molecular weight excluding hydrogens is 359 g/mol. The monoisotopic (exact) mass is 372 g/mol. The Morgan fingerprint density at radius 3 is 2.65 bits per heavy atom. The zero-order valence-electron chi connectivity index (χ0n) is 13.9. The number of thiophene rings is 1. The molecule has 0 unspecified atom stereocenters. The van der Waals surface area contributed by atoms with E-state index in [-0.39, 0.29) is 5.75 Å². The van der Waals surface area contributed by atoms with E-state index in [9.17, 15) is 13.2 Å². The lowest BCUT2D eigenvalue weighted by molar-refractivity contribution is -0.659. The average Bonchev–Trinajstić information content (AvgIpc) is 3.05. The van der Waals surface area contributed by atoms with Crippen LogP contribution in [0.3, 0.4) is 0 Å². The predicted molar refractivity (Wildman–Crippen MR) is 95.8 cm³/mol. The maximum atomic E-state index is 13.3. The number of nitrogens with zero attached hydrogens (tertiary/aromatic N) is 1. The van der Waals surface area contributed by atoms with Crippen molar-refractivity contribution in [2.45, 2.75) is 13.1 Å². The SMILES string of the molecule is Cc1c2c(cc3sccc13)Oc1cc(C(F)(F)F)cc3cc[n+](C)c-2c13. The molecule has 0 radical (unpaired) electrons. The van der Waals surface area contributed by atoms with Gasteiger partial charge in [-0.15, -0.1) is 11.3 Å². The van der Waals surface area contributed by atoms with Gasteiger partial charge >= 0.3 is 6.18 Å². The summed E-state index contributed by atoms with van der Waals surface area (Å²) in [7, 11) is 1.91. The van der Waals surface area contributed by atoms with Crippen molar-refractivity contribution in [3.8, 4) is 22.8 Å². The first-order valence-electron chi connectivity index (χ1n) is 8.07. The van der Waals surface area contributed by atoms with Crippen LogP contribution in [-0.4, -0.2) is 0 Å². The maximum Gasteiger partial charge on any atom is 0.416 e. The second kappa shape index (κ2) is 4.98.